The van der Waals surface area contributed by atoms with Crippen LogP contribution in [-0.4, -0.2) is 8.42 Å². The van der Waals surface area contributed by atoms with Crippen molar-refractivity contribution in [2.45, 2.75) is 24.1 Å². The van der Waals surface area contributed by atoms with E-state index in [1.54, 1.807) is 17.4 Å². The molecule has 3 nitrogen and oxygen atoms in total. The Morgan fingerprint density at radius 1 is 1.24 bits per heavy atom. The average Bonchev–Trinajstić information content (AvgIpc) is 2.98. The summed E-state index contributed by atoms with van der Waals surface area (Å²) in [4.78, 5) is 2.10. The van der Waals surface area contributed by atoms with Gasteiger partial charge in [0.1, 0.15) is 4.21 Å². The number of nitrogens with one attached hydrogen (secondary N) is 1. The topological polar surface area (TPSA) is 46.2 Å². The van der Waals surface area contributed by atoms with Crippen molar-refractivity contribution in [2.75, 3.05) is 0 Å². The smallest absolute Gasteiger partial charge is 0.206 e. The predicted octanol–water partition coefficient (Wildman–Crippen LogP) is 2.85. The number of hydrogen-bond donors (Lipinski definition) is 1. The van der Waals surface area contributed by atoms with Gasteiger partial charge in [0, 0.05) is 16.3 Å². The molecular formula is C11H13NO2S3. The molecule has 0 bridgehead atoms. The molecule has 6 heteroatoms. The van der Waals surface area contributed by atoms with E-state index in [0.29, 0.717) is 10.8 Å². The van der Waals surface area contributed by atoms with Crippen LogP contribution in [0.5, 0.6) is 0 Å². The lowest BCUT2D eigenvalue weighted by Crippen LogP contribution is -2.21. The van der Waals surface area contributed by atoms with Gasteiger partial charge in [0.25, 0.3) is 0 Å². The highest BCUT2D eigenvalue weighted by Gasteiger charge is 2.16. The largest absolute Gasteiger partial charge is 0.250 e. The fourth-order valence-corrected chi connectivity index (χ4v) is 4.43. The standard InChI is InChI=1S/C11H13NO2S3/c1-2-9-5-6-11(16-9)17(13,14)12-8-10-4-3-7-15-10/h3-7,12H,2,8H2,1H3. The highest BCUT2D eigenvalue weighted by molar-refractivity contribution is 7.91. The highest BCUT2D eigenvalue weighted by atomic mass is 32.2. The van der Waals surface area contributed by atoms with Crippen molar-refractivity contribution >= 4 is 32.7 Å². The minimum Gasteiger partial charge on any atom is -0.206 e. The molecule has 17 heavy (non-hydrogen) atoms. The molecule has 0 aliphatic rings. The van der Waals surface area contributed by atoms with Gasteiger partial charge in [-0.25, -0.2) is 13.1 Å². The van der Waals surface area contributed by atoms with Crippen LogP contribution >= 0.6 is 22.7 Å². The van der Waals surface area contributed by atoms with Gasteiger partial charge < -0.3 is 0 Å². The minimum atomic E-state index is -3.35. The summed E-state index contributed by atoms with van der Waals surface area (Å²) in [6.45, 7) is 2.38. The molecule has 0 spiro atoms. The predicted molar refractivity (Wildman–Crippen MR) is 72.0 cm³/mol. The molecule has 0 amide bonds. The lowest BCUT2D eigenvalue weighted by Gasteiger charge is -2.02. The second-order valence-electron chi connectivity index (χ2n) is 3.48. The third kappa shape index (κ3) is 3.16. The van der Waals surface area contributed by atoms with E-state index in [0.717, 1.165) is 16.2 Å². The maximum absolute atomic E-state index is 12.0. The molecule has 2 rings (SSSR count). The lowest BCUT2D eigenvalue weighted by atomic mass is 10.4. The van der Waals surface area contributed by atoms with Gasteiger partial charge in [-0.1, -0.05) is 13.0 Å². The van der Waals surface area contributed by atoms with Gasteiger partial charge >= 0.3 is 0 Å². The van der Waals surface area contributed by atoms with Crippen LogP contribution in [0.15, 0.2) is 33.9 Å². The second-order valence-corrected chi connectivity index (χ2v) is 7.67. The average molecular weight is 287 g/mol. The lowest BCUT2D eigenvalue weighted by molar-refractivity contribution is 0.584. The zero-order valence-corrected chi connectivity index (χ0v) is 11.8. The van der Waals surface area contributed by atoms with Gasteiger partial charge in [0.2, 0.25) is 10.0 Å². The summed E-state index contributed by atoms with van der Waals surface area (Å²) in [5.74, 6) is 0. The summed E-state index contributed by atoms with van der Waals surface area (Å²) in [5.41, 5.74) is 0. The number of thiophene rings is 2. The monoisotopic (exact) mass is 287 g/mol. The Balaban J connectivity index is 2.08. The SMILES string of the molecule is CCc1ccc(S(=O)(=O)NCc2cccs2)s1. The summed E-state index contributed by atoms with van der Waals surface area (Å²) < 4.78 is 26.9. The minimum absolute atomic E-state index is 0.360. The van der Waals surface area contributed by atoms with Crippen molar-refractivity contribution in [1.82, 2.24) is 4.72 Å². The van der Waals surface area contributed by atoms with E-state index in [1.165, 1.54) is 11.3 Å². The summed E-state index contributed by atoms with van der Waals surface area (Å²) >= 11 is 2.87. The molecule has 0 aliphatic heterocycles. The van der Waals surface area contributed by atoms with Crippen LogP contribution < -0.4 is 4.72 Å². The van der Waals surface area contributed by atoms with Crippen molar-refractivity contribution in [3.05, 3.63) is 39.4 Å². The van der Waals surface area contributed by atoms with Crippen LogP contribution in [0.1, 0.15) is 16.7 Å². The quantitative estimate of drug-likeness (QED) is 0.919. The van der Waals surface area contributed by atoms with Crippen molar-refractivity contribution in [2.24, 2.45) is 0 Å². The van der Waals surface area contributed by atoms with Gasteiger partial charge in [-0.15, -0.1) is 22.7 Å². The molecule has 0 saturated heterocycles. The molecule has 2 aromatic heterocycles. The van der Waals surface area contributed by atoms with Crippen LogP contribution in [0.4, 0.5) is 0 Å². The van der Waals surface area contributed by atoms with Crippen molar-refractivity contribution in [3.8, 4) is 0 Å². The maximum Gasteiger partial charge on any atom is 0.250 e. The van der Waals surface area contributed by atoms with Crippen LogP contribution in [0.2, 0.25) is 0 Å². The molecule has 0 unspecified atom stereocenters. The first kappa shape index (κ1) is 12.8. The van der Waals surface area contributed by atoms with Crippen molar-refractivity contribution in [1.29, 1.82) is 0 Å². The van der Waals surface area contributed by atoms with Gasteiger partial charge in [0.05, 0.1) is 0 Å². The Bertz CT molecular complexity index is 570. The van der Waals surface area contributed by atoms with E-state index in [1.807, 2.05) is 30.5 Å². The molecule has 0 fully saturated rings. The van der Waals surface area contributed by atoms with Crippen molar-refractivity contribution in [3.63, 3.8) is 0 Å². The molecule has 0 saturated carbocycles. The first-order valence-corrected chi connectivity index (χ1v) is 8.40. The molecule has 0 atom stereocenters. The van der Waals surface area contributed by atoms with Crippen LogP contribution in [-0.2, 0) is 23.0 Å². The molecule has 2 heterocycles. The van der Waals surface area contributed by atoms with E-state index in [-0.39, 0.29) is 0 Å². The Morgan fingerprint density at radius 3 is 2.65 bits per heavy atom. The van der Waals surface area contributed by atoms with Crippen LogP contribution in [0.3, 0.4) is 0 Å². The fourth-order valence-electron chi connectivity index (χ4n) is 1.34. The molecule has 92 valence electrons. The fraction of sp³-hybridized carbons (Fsp3) is 0.273. The summed E-state index contributed by atoms with van der Waals surface area (Å²) in [7, 11) is -3.35. The number of sulfonamides is 1. The normalized spacial score (nSPS) is 11.8. The van der Waals surface area contributed by atoms with Crippen LogP contribution in [0, 0.1) is 0 Å². The Morgan fingerprint density at radius 2 is 2.06 bits per heavy atom. The Kier molecular flexibility index (Phi) is 3.98. The summed E-state index contributed by atoms with van der Waals surface area (Å²) in [6.07, 6.45) is 0.866. The van der Waals surface area contributed by atoms with E-state index in [9.17, 15) is 8.42 Å². The van der Waals surface area contributed by atoms with E-state index < -0.39 is 10.0 Å². The van der Waals surface area contributed by atoms with Crippen molar-refractivity contribution < 1.29 is 8.42 Å². The van der Waals surface area contributed by atoms with Gasteiger partial charge in [0.15, 0.2) is 0 Å². The number of aryl methyl sites for hydroxylation is 1. The Hall–Kier alpha value is -0.690. The molecule has 2 aromatic rings. The third-order valence-corrected chi connectivity index (χ3v) is 6.27. The van der Waals surface area contributed by atoms with Crippen LogP contribution in [0.25, 0.3) is 0 Å². The van der Waals surface area contributed by atoms with Gasteiger partial charge in [-0.3, -0.25) is 0 Å². The number of rotatable bonds is 5. The highest BCUT2D eigenvalue weighted by Crippen LogP contribution is 2.22. The zero-order valence-electron chi connectivity index (χ0n) is 9.34. The first-order valence-electron chi connectivity index (χ1n) is 5.22. The molecule has 0 aliphatic carbocycles. The molecule has 0 radical (unpaired) electrons. The van der Waals surface area contributed by atoms with Gasteiger partial charge in [-0.05, 0) is 30.0 Å². The molecule has 1 N–H and O–H groups in total. The first-order chi connectivity index (χ1) is 8.12. The zero-order chi connectivity index (χ0) is 12.3. The van der Waals surface area contributed by atoms with Gasteiger partial charge in [-0.2, -0.15) is 0 Å². The number of hydrogen-bond acceptors (Lipinski definition) is 4. The summed E-state index contributed by atoms with van der Waals surface area (Å²) in [5, 5.41) is 1.93. The Labute approximate surface area is 109 Å². The summed E-state index contributed by atoms with van der Waals surface area (Å²) in [6, 6.07) is 7.36. The molecular weight excluding hydrogens is 274 g/mol. The third-order valence-electron chi connectivity index (χ3n) is 2.27. The maximum atomic E-state index is 12.0. The van der Waals surface area contributed by atoms with E-state index in [4.69, 9.17) is 0 Å². The van der Waals surface area contributed by atoms with E-state index in [2.05, 4.69) is 4.72 Å². The second kappa shape index (κ2) is 5.30. The van der Waals surface area contributed by atoms with E-state index >= 15 is 0 Å². The molecule has 0 aromatic carbocycles.